The molecule has 2 saturated carbocycles. The number of rotatable bonds is 6. The number of fused-ring (bicyclic) bond motifs is 1. The summed E-state index contributed by atoms with van der Waals surface area (Å²) in [7, 11) is 0. The first-order chi connectivity index (χ1) is 21.4. The first-order valence-corrected chi connectivity index (χ1v) is 15.8. The molecule has 44 heavy (non-hydrogen) atoms. The van der Waals surface area contributed by atoms with Crippen molar-refractivity contribution in [2.75, 3.05) is 6.54 Å². The first kappa shape index (κ1) is 28.6. The van der Waals surface area contributed by atoms with Crippen molar-refractivity contribution >= 4 is 5.91 Å². The minimum atomic E-state index is -1.41. The molecule has 1 unspecified atom stereocenters. The molecule has 4 aromatic rings. The van der Waals surface area contributed by atoms with Crippen LogP contribution in [0.5, 0.6) is 0 Å². The van der Waals surface area contributed by atoms with Crippen molar-refractivity contribution in [2.45, 2.75) is 81.8 Å². The number of halogens is 1. The summed E-state index contributed by atoms with van der Waals surface area (Å²) < 4.78 is 13.8. The van der Waals surface area contributed by atoms with Crippen molar-refractivity contribution in [1.82, 2.24) is 19.9 Å². The number of H-pyrrole nitrogens is 1. The van der Waals surface area contributed by atoms with E-state index in [0.717, 1.165) is 24.1 Å². The van der Waals surface area contributed by atoms with Gasteiger partial charge in [0.05, 0.1) is 23.2 Å². The van der Waals surface area contributed by atoms with Crippen LogP contribution in [0.4, 0.5) is 4.39 Å². The minimum absolute atomic E-state index is 0.0865. The van der Waals surface area contributed by atoms with Crippen molar-refractivity contribution in [3.8, 4) is 11.1 Å². The summed E-state index contributed by atoms with van der Waals surface area (Å²) in [5.41, 5.74) is 4.85. The summed E-state index contributed by atoms with van der Waals surface area (Å²) in [4.78, 5) is 41.4. The highest BCUT2D eigenvalue weighted by Crippen LogP contribution is 2.52. The van der Waals surface area contributed by atoms with Crippen LogP contribution in [0.2, 0.25) is 0 Å². The number of hydrogen-bond donors (Lipinski definition) is 2. The fourth-order valence-corrected chi connectivity index (χ4v) is 7.07. The van der Waals surface area contributed by atoms with Gasteiger partial charge in [-0.05, 0) is 90.5 Å². The second kappa shape index (κ2) is 11.7. The van der Waals surface area contributed by atoms with Crippen LogP contribution in [0, 0.1) is 5.82 Å². The molecule has 2 N–H and O–H groups in total. The fourth-order valence-electron chi connectivity index (χ4n) is 7.07. The molecule has 2 aromatic carbocycles. The Morgan fingerprint density at radius 3 is 2.55 bits per heavy atom. The van der Waals surface area contributed by atoms with Gasteiger partial charge in [0.1, 0.15) is 11.6 Å². The molecule has 2 aliphatic carbocycles. The van der Waals surface area contributed by atoms with Gasteiger partial charge >= 0.3 is 0 Å². The Labute approximate surface area is 256 Å². The molecule has 1 aliphatic heterocycles. The van der Waals surface area contributed by atoms with E-state index in [1.807, 2.05) is 18.5 Å². The molecule has 2 fully saturated rings. The highest BCUT2D eigenvalue weighted by atomic mass is 19.1. The summed E-state index contributed by atoms with van der Waals surface area (Å²) >= 11 is 0. The van der Waals surface area contributed by atoms with E-state index in [1.165, 1.54) is 49.8 Å². The standard InChI is InChI=1S/C36H37FN4O3/c37-29-12-5-10-25(19-29)24-9-4-11-26(17-24)32(42)34(44)41-16-6-13-31-30(22-41)33(43)40-35(39-31)36(14-15-36)28-18-27(20-38-21-28)23-7-2-1-3-8-23/h4-5,9-12,17-21,23,32,42H,1-3,6-8,13-16,22H2,(H,39,40,43). The highest BCUT2D eigenvalue weighted by molar-refractivity contribution is 5.83. The average Bonchev–Trinajstić information content (AvgIpc) is 3.90. The summed E-state index contributed by atoms with van der Waals surface area (Å²) in [5, 5.41) is 11.1. The number of aliphatic hydroxyl groups excluding tert-OH is 1. The van der Waals surface area contributed by atoms with E-state index in [9.17, 15) is 19.1 Å². The van der Waals surface area contributed by atoms with Gasteiger partial charge < -0.3 is 15.0 Å². The van der Waals surface area contributed by atoms with Gasteiger partial charge in [-0.1, -0.05) is 55.7 Å². The molecule has 1 amide bonds. The van der Waals surface area contributed by atoms with Crippen LogP contribution in [0.3, 0.4) is 0 Å². The topological polar surface area (TPSA) is 99.2 Å². The quantitative estimate of drug-likeness (QED) is 0.282. The van der Waals surface area contributed by atoms with Crippen LogP contribution in [-0.4, -0.2) is 37.4 Å². The van der Waals surface area contributed by atoms with E-state index in [4.69, 9.17) is 4.98 Å². The lowest BCUT2D eigenvalue weighted by molar-refractivity contribution is -0.141. The van der Waals surface area contributed by atoms with E-state index in [-0.39, 0.29) is 23.3 Å². The number of amides is 1. The summed E-state index contributed by atoms with van der Waals surface area (Å²) in [6.45, 7) is 0.492. The molecular weight excluding hydrogens is 555 g/mol. The maximum Gasteiger partial charge on any atom is 0.256 e. The second-order valence-electron chi connectivity index (χ2n) is 12.7. The zero-order valence-electron chi connectivity index (χ0n) is 24.8. The Morgan fingerprint density at radius 1 is 1.00 bits per heavy atom. The number of nitrogens with zero attached hydrogens (tertiary/aromatic N) is 3. The zero-order valence-corrected chi connectivity index (χ0v) is 24.8. The monoisotopic (exact) mass is 592 g/mol. The molecular formula is C36H37FN4O3. The molecule has 7 rings (SSSR count). The van der Waals surface area contributed by atoms with Crippen LogP contribution in [0.15, 0.2) is 71.8 Å². The molecule has 2 aromatic heterocycles. The molecule has 0 spiro atoms. The van der Waals surface area contributed by atoms with E-state index in [1.54, 1.807) is 35.2 Å². The average molecular weight is 593 g/mol. The van der Waals surface area contributed by atoms with E-state index in [0.29, 0.717) is 53.4 Å². The number of aromatic amines is 1. The minimum Gasteiger partial charge on any atom is -0.378 e. The second-order valence-corrected chi connectivity index (χ2v) is 12.7. The number of carbonyl (C=O) groups is 1. The van der Waals surface area contributed by atoms with Crippen molar-refractivity contribution < 1.29 is 14.3 Å². The van der Waals surface area contributed by atoms with E-state index in [2.05, 4.69) is 16.0 Å². The molecule has 0 radical (unpaired) electrons. The Bertz CT molecular complexity index is 1760. The number of pyridine rings is 1. The normalized spacial score (nSPS) is 18.7. The Kier molecular flexibility index (Phi) is 7.62. The first-order valence-electron chi connectivity index (χ1n) is 15.8. The maximum atomic E-state index is 13.8. The summed E-state index contributed by atoms with van der Waals surface area (Å²) in [6.07, 6.45) is 11.8. The third kappa shape index (κ3) is 5.47. The number of aromatic nitrogens is 3. The van der Waals surface area contributed by atoms with Gasteiger partial charge in [-0.2, -0.15) is 0 Å². The predicted molar refractivity (Wildman–Crippen MR) is 165 cm³/mol. The van der Waals surface area contributed by atoms with Crippen molar-refractivity contribution in [3.63, 3.8) is 0 Å². The van der Waals surface area contributed by atoms with Crippen LogP contribution < -0.4 is 5.56 Å². The molecule has 3 aliphatic rings. The van der Waals surface area contributed by atoms with Gasteiger partial charge in [-0.25, -0.2) is 9.37 Å². The molecule has 0 saturated heterocycles. The lowest BCUT2D eigenvalue weighted by atomic mass is 9.83. The smallest absolute Gasteiger partial charge is 0.256 e. The number of benzene rings is 2. The van der Waals surface area contributed by atoms with Crippen LogP contribution in [-0.2, 0) is 23.2 Å². The fraction of sp³-hybridized carbons (Fsp3) is 0.389. The van der Waals surface area contributed by atoms with Crippen molar-refractivity contribution in [3.05, 3.63) is 117 Å². The predicted octanol–water partition coefficient (Wildman–Crippen LogP) is 6.11. The third-order valence-electron chi connectivity index (χ3n) is 9.79. The van der Waals surface area contributed by atoms with Gasteiger partial charge in [0.25, 0.3) is 11.5 Å². The lowest BCUT2D eigenvalue weighted by Gasteiger charge is -2.24. The van der Waals surface area contributed by atoms with Gasteiger partial charge in [-0.3, -0.25) is 14.6 Å². The van der Waals surface area contributed by atoms with Crippen LogP contribution >= 0.6 is 0 Å². The maximum absolute atomic E-state index is 13.8. The molecule has 3 heterocycles. The highest BCUT2D eigenvalue weighted by Gasteiger charge is 2.49. The third-order valence-corrected chi connectivity index (χ3v) is 9.79. The Hall–Kier alpha value is -4.17. The summed E-state index contributed by atoms with van der Waals surface area (Å²) in [5.74, 6) is 0.417. The van der Waals surface area contributed by atoms with Gasteiger partial charge in [0.15, 0.2) is 6.10 Å². The Balaban J connectivity index is 1.12. The summed E-state index contributed by atoms with van der Waals surface area (Å²) in [6, 6.07) is 15.4. The Morgan fingerprint density at radius 2 is 1.77 bits per heavy atom. The molecule has 0 bridgehead atoms. The van der Waals surface area contributed by atoms with Gasteiger partial charge in [-0.15, -0.1) is 0 Å². The molecule has 8 heteroatoms. The van der Waals surface area contributed by atoms with E-state index >= 15 is 0 Å². The van der Waals surface area contributed by atoms with Gasteiger partial charge in [0.2, 0.25) is 0 Å². The number of aliphatic hydroxyl groups is 1. The van der Waals surface area contributed by atoms with Gasteiger partial charge in [0, 0.05) is 18.9 Å². The number of carbonyl (C=O) groups excluding carboxylic acids is 1. The zero-order chi connectivity index (χ0) is 30.3. The molecule has 7 nitrogen and oxygen atoms in total. The molecule has 1 atom stereocenters. The number of hydrogen-bond acceptors (Lipinski definition) is 5. The van der Waals surface area contributed by atoms with E-state index < -0.39 is 12.0 Å². The molecule has 226 valence electrons. The SMILES string of the molecule is O=C(C(O)c1cccc(-c2cccc(F)c2)c1)N1CCCc2nc(C3(c4cncc(C5CCCCC5)c4)CC3)[nH]c(=O)c2C1. The van der Waals surface area contributed by atoms with Crippen molar-refractivity contribution in [2.24, 2.45) is 0 Å². The largest absolute Gasteiger partial charge is 0.378 e. The van der Waals surface area contributed by atoms with Crippen LogP contribution in [0.1, 0.15) is 97.2 Å². The van der Waals surface area contributed by atoms with Crippen molar-refractivity contribution in [1.29, 1.82) is 0 Å². The van der Waals surface area contributed by atoms with Crippen LogP contribution in [0.25, 0.3) is 11.1 Å². The number of nitrogens with one attached hydrogen (secondary N) is 1. The number of aryl methyl sites for hydroxylation is 1. The lowest BCUT2D eigenvalue weighted by Crippen LogP contribution is -2.36.